The largest absolute Gasteiger partial charge is 0.490 e. The van der Waals surface area contributed by atoms with E-state index >= 15 is 0 Å². The number of alkyl halides is 3. The number of hydrogen-bond acceptors (Lipinski definition) is 5. The third kappa shape index (κ3) is 5.00. The molecule has 6 nitrogen and oxygen atoms in total. The Balaban J connectivity index is 2.10. The number of hydrogen-bond donors (Lipinski definition) is 2. The van der Waals surface area contributed by atoms with Crippen LogP contribution < -0.4 is 10.1 Å². The van der Waals surface area contributed by atoms with Crippen LogP contribution >= 0.6 is 0 Å². The Hall–Kier alpha value is -3.56. The molecule has 0 spiro atoms. The van der Waals surface area contributed by atoms with E-state index in [-0.39, 0.29) is 5.69 Å². The molecule has 0 aliphatic heterocycles. The highest BCUT2D eigenvalue weighted by atomic mass is 19.4. The van der Waals surface area contributed by atoms with Gasteiger partial charge in [0, 0.05) is 5.69 Å². The number of halogens is 3. The number of aliphatic hydroxyl groups is 1. The number of rotatable bonds is 5. The van der Waals surface area contributed by atoms with Gasteiger partial charge in [-0.25, -0.2) is 0 Å². The van der Waals surface area contributed by atoms with Crippen molar-refractivity contribution in [3.05, 3.63) is 59.2 Å². The van der Waals surface area contributed by atoms with Crippen molar-refractivity contribution in [2.75, 3.05) is 11.9 Å². The Bertz CT molecular complexity index is 956. The minimum atomic E-state index is -4.77. The maximum atomic E-state index is 13.0. The summed E-state index contributed by atoms with van der Waals surface area (Å²) >= 11 is 0. The fourth-order valence-electron chi connectivity index (χ4n) is 2.13. The predicted molar refractivity (Wildman–Crippen MR) is 92.1 cm³/mol. The molecular weight excluding hydrogens is 375 g/mol. The van der Waals surface area contributed by atoms with Crippen molar-refractivity contribution in [1.82, 2.24) is 0 Å². The van der Waals surface area contributed by atoms with Gasteiger partial charge in [0.2, 0.25) is 0 Å². The number of nitrogens with zero attached hydrogens (tertiary/aromatic N) is 2. The van der Waals surface area contributed by atoms with Crippen LogP contribution in [0.4, 0.5) is 18.9 Å². The Morgan fingerprint density at radius 1 is 1.14 bits per heavy atom. The van der Waals surface area contributed by atoms with Crippen LogP contribution in [-0.4, -0.2) is 23.2 Å². The van der Waals surface area contributed by atoms with E-state index in [1.807, 2.05) is 6.07 Å². The van der Waals surface area contributed by atoms with E-state index in [1.54, 1.807) is 0 Å². The molecule has 0 fully saturated rings. The first-order valence-electron chi connectivity index (χ1n) is 7.85. The van der Waals surface area contributed by atoms with Crippen LogP contribution in [0.5, 0.6) is 5.75 Å². The average Bonchev–Trinajstić information content (AvgIpc) is 2.66. The van der Waals surface area contributed by atoms with Gasteiger partial charge in [0.15, 0.2) is 5.60 Å². The highest BCUT2D eigenvalue weighted by Crippen LogP contribution is 2.33. The van der Waals surface area contributed by atoms with Gasteiger partial charge in [-0.1, -0.05) is 0 Å². The second-order valence-electron chi connectivity index (χ2n) is 6.02. The molecule has 0 bridgehead atoms. The Kier molecular flexibility index (Phi) is 5.92. The predicted octanol–water partition coefficient (Wildman–Crippen LogP) is 3.22. The highest BCUT2D eigenvalue weighted by Gasteiger charge is 2.35. The zero-order chi connectivity index (χ0) is 20.9. The molecule has 28 heavy (non-hydrogen) atoms. The first-order chi connectivity index (χ1) is 13.1. The Morgan fingerprint density at radius 3 is 2.32 bits per heavy atom. The normalized spacial score (nSPS) is 13.0. The van der Waals surface area contributed by atoms with E-state index < -0.39 is 35.4 Å². The van der Waals surface area contributed by atoms with Gasteiger partial charge >= 0.3 is 6.18 Å². The summed E-state index contributed by atoms with van der Waals surface area (Å²) in [6, 6.07) is 12.0. The first kappa shape index (κ1) is 20.7. The van der Waals surface area contributed by atoms with E-state index in [1.165, 1.54) is 30.3 Å². The molecule has 0 heterocycles. The number of anilines is 1. The second-order valence-corrected chi connectivity index (χ2v) is 6.02. The van der Waals surface area contributed by atoms with E-state index in [9.17, 15) is 23.1 Å². The van der Waals surface area contributed by atoms with Crippen molar-refractivity contribution in [2.45, 2.75) is 18.7 Å². The maximum absolute atomic E-state index is 13.0. The van der Waals surface area contributed by atoms with Crippen molar-refractivity contribution >= 4 is 11.6 Å². The summed E-state index contributed by atoms with van der Waals surface area (Å²) in [5, 5.41) is 30.0. The van der Waals surface area contributed by atoms with Crippen molar-refractivity contribution < 1.29 is 27.8 Å². The molecular formula is C19H14F3N3O3. The van der Waals surface area contributed by atoms with Gasteiger partial charge in [0.1, 0.15) is 12.4 Å². The summed E-state index contributed by atoms with van der Waals surface area (Å²) in [5.74, 6) is -0.691. The minimum Gasteiger partial charge on any atom is -0.490 e. The molecule has 144 valence electrons. The maximum Gasteiger partial charge on any atom is 0.417 e. The molecule has 2 aromatic rings. The molecule has 0 saturated heterocycles. The lowest BCUT2D eigenvalue weighted by Crippen LogP contribution is -2.45. The molecule has 0 aromatic heterocycles. The molecule has 0 unspecified atom stereocenters. The molecule has 1 atom stereocenters. The number of carbonyl (C=O) groups is 1. The summed E-state index contributed by atoms with van der Waals surface area (Å²) < 4.78 is 44.3. The van der Waals surface area contributed by atoms with Crippen molar-refractivity contribution in [2.24, 2.45) is 0 Å². The standard InChI is InChI=1S/C19H14F3N3O3/c1-18(27,11-28-15-6-2-12(9-23)3-7-15)17(26)25-14-5-4-13(10-24)16(8-14)19(20,21)22/h2-8,27H,11H2,1H3,(H,25,26)/t18-/m1/s1. The van der Waals surface area contributed by atoms with Crippen molar-refractivity contribution in [3.63, 3.8) is 0 Å². The summed E-state index contributed by atoms with van der Waals surface area (Å²) in [6.45, 7) is 0.660. The van der Waals surface area contributed by atoms with Gasteiger partial charge in [-0.2, -0.15) is 23.7 Å². The Labute approximate surface area is 158 Å². The summed E-state index contributed by atoms with van der Waals surface area (Å²) in [6.07, 6.45) is -4.77. The van der Waals surface area contributed by atoms with Crippen LogP contribution in [0.15, 0.2) is 42.5 Å². The fourth-order valence-corrected chi connectivity index (χ4v) is 2.13. The minimum absolute atomic E-state index is 0.227. The van der Waals surface area contributed by atoms with Crippen LogP contribution in [-0.2, 0) is 11.0 Å². The molecule has 0 saturated carbocycles. The third-order valence-electron chi connectivity index (χ3n) is 3.70. The van der Waals surface area contributed by atoms with Crippen LogP contribution in [0.1, 0.15) is 23.6 Å². The lowest BCUT2D eigenvalue weighted by molar-refractivity contribution is -0.138. The van der Waals surface area contributed by atoms with E-state index in [4.69, 9.17) is 15.3 Å². The zero-order valence-electron chi connectivity index (χ0n) is 14.5. The molecule has 2 aromatic carbocycles. The molecule has 1 amide bonds. The van der Waals surface area contributed by atoms with Crippen molar-refractivity contribution in [3.8, 4) is 17.9 Å². The van der Waals surface area contributed by atoms with Crippen LogP contribution in [0.25, 0.3) is 0 Å². The Morgan fingerprint density at radius 2 is 1.79 bits per heavy atom. The second kappa shape index (κ2) is 7.99. The van der Waals surface area contributed by atoms with Crippen molar-refractivity contribution in [1.29, 1.82) is 10.5 Å². The molecule has 2 rings (SSSR count). The monoisotopic (exact) mass is 389 g/mol. The molecule has 0 radical (unpaired) electrons. The average molecular weight is 389 g/mol. The highest BCUT2D eigenvalue weighted by molar-refractivity contribution is 5.97. The van der Waals surface area contributed by atoms with Gasteiger partial charge in [-0.05, 0) is 49.4 Å². The number of nitrogens with one attached hydrogen (secondary N) is 1. The van der Waals surface area contributed by atoms with Crippen LogP contribution in [0, 0.1) is 22.7 Å². The smallest absolute Gasteiger partial charge is 0.417 e. The number of amides is 1. The van der Waals surface area contributed by atoms with Gasteiger partial charge in [0.05, 0.1) is 28.8 Å². The van der Waals surface area contributed by atoms with Crippen LogP contribution in [0.3, 0.4) is 0 Å². The SMILES string of the molecule is C[C@@](O)(COc1ccc(C#N)cc1)C(=O)Nc1ccc(C#N)c(C(F)(F)F)c1. The zero-order valence-corrected chi connectivity index (χ0v) is 14.5. The molecule has 0 aliphatic carbocycles. The van der Waals surface area contributed by atoms with Crippen LogP contribution in [0.2, 0.25) is 0 Å². The lowest BCUT2D eigenvalue weighted by atomic mass is 10.1. The van der Waals surface area contributed by atoms with E-state index in [2.05, 4.69) is 5.32 Å². The molecule has 0 aliphatic rings. The molecule has 9 heteroatoms. The van der Waals surface area contributed by atoms with Gasteiger partial charge < -0.3 is 15.2 Å². The number of ether oxygens (including phenoxy) is 1. The summed E-state index contributed by atoms with van der Waals surface area (Å²) in [7, 11) is 0. The first-order valence-corrected chi connectivity index (χ1v) is 7.85. The van der Waals surface area contributed by atoms with Gasteiger partial charge in [0.25, 0.3) is 5.91 Å². The van der Waals surface area contributed by atoms with E-state index in [0.717, 1.165) is 19.1 Å². The number of carbonyl (C=O) groups excluding carboxylic acids is 1. The molecule has 2 N–H and O–H groups in total. The summed E-state index contributed by atoms with van der Waals surface area (Å²) in [4.78, 5) is 12.2. The quantitative estimate of drug-likeness (QED) is 0.817. The van der Waals surface area contributed by atoms with Gasteiger partial charge in [-0.15, -0.1) is 0 Å². The summed E-state index contributed by atoms with van der Waals surface area (Å²) in [5.41, 5.74) is -3.66. The number of benzene rings is 2. The fraction of sp³-hybridized carbons (Fsp3) is 0.211. The topological polar surface area (TPSA) is 106 Å². The number of nitriles is 2. The third-order valence-corrected chi connectivity index (χ3v) is 3.70. The lowest BCUT2D eigenvalue weighted by Gasteiger charge is -2.23. The van der Waals surface area contributed by atoms with E-state index in [0.29, 0.717) is 17.4 Å². The van der Waals surface area contributed by atoms with Gasteiger partial charge in [-0.3, -0.25) is 4.79 Å².